The molecule has 3 heteroatoms. The third-order valence-corrected chi connectivity index (χ3v) is 2.69. The van der Waals surface area contributed by atoms with Crippen LogP contribution in [0, 0.1) is 13.8 Å². The SMILES string of the molecule is Cc1cccc(CNC(C)C(=O)O)c1C. The van der Waals surface area contributed by atoms with E-state index in [4.69, 9.17) is 5.11 Å². The summed E-state index contributed by atoms with van der Waals surface area (Å²) >= 11 is 0. The quantitative estimate of drug-likeness (QED) is 0.792. The number of aliphatic carboxylic acids is 1. The van der Waals surface area contributed by atoms with Crippen LogP contribution in [0.5, 0.6) is 0 Å². The van der Waals surface area contributed by atoms with Crippen molar-refractivity contribution in [3.05, 3.63) is 34.9 Å². The molecule has 1 aromatic rings. The summed E-state index contributed by atoms with van der Waals surface area (Å²) in [6.07, 6.45) is 0. The van der Waals surface area contributed by atoms with Crippen LogP contribution in [0.15, 0.2) is 18.2 Å². The number of hydrogen-bond acceptors (Lipinski definition) is 2. The number of carboxylic acid groups (broad SMARTS) is 1. The molecule has 1 rings (SSSR count). The number of carboxylic acids is 1. The van der Waals surface area contributed by atoms with Crippen molar-refractivity contribution in [3.8, 4) is 0 Å². The normalized spacial score (nSPS) is 12.5. The second-order valence-electron chi connectivity index (χ2n) is 3.80. The maximum Gasteiger partial charge on any atom is 0.320 e. The molecule has 0 aliphatic carbocycles. The van der Waals surface area contributed by atoms with Crippen molar-refractivity contribution in [1.82, 2.24) is 5.32 Å². The predicted molar refractivity (Wildman–Crippen MR) is 59.9 cm³/mol. The molecule has 0 aliphatic heterocycles. The minimum atomic E-state index is -0.819. The fourth-order valence-electron chi connectivity index (χ4n) is 1.35. The molecule has 0 radical (unpaired) electrons. The van der Waals surface area contributed by atoms with E-state index in [1.165, 1.54) is 11.1 Å². The molecule has 0 saturated carbocycles. The summed E-state index contributed by atoms with van der Waals surface area (Å²) in [4.78, 5) is 10.6. The van der Waals surface area contributed by atoms with Crippen LogP contribution >= 0.6 is 0 Å². The third kappa shape index (κ3) is 3.06. The second-order valence-corrected chi connectivity index (χ2v) is 3.80. The van der Waals surface area contributed by atoms with Gasteiger partial charge in [0.1, 0.15) is 6.04 Å². The number of benzene rings is 1. The molecule has 0 saturated heterocycles. The Morgan fingerprint density at radius 2 is 2.13 bits per heavy atom. The summed E-state index contributed by atoms with van der Waals surface area (Å²) < 4.78 is 0. The van der Waals surface area contributed by atoms with Gasteiger partial charge in [0.2, 0.25) is 0 Å². The van der Waals surface area contributed by atoms with Gasteiger partial charge in [-0.25, -0.2) is 0 Å². The van der Waals surface area contributed by atoms with E-state index >= 15 is 0 Å². The first-order valence-electron chi connectivity index (χ1n) is 5.03. The van der Waals surface area contributed by atoms with Gasteiger partial charge in [-0.2, -0.15) is 0 Å². The van der Waals surface area contributed by atoms with E-state index in [1.54, 1.807) is 6.92 Å². The van der Waals surface area contributed by atoms with Gasteiger partial charge in [-0.3, -0.25) is 4.79 Å². The maximum absolute atomic E-state index is 10.6. The first-order chi connectivity index (χ1) is 7.02. The lowest BCUT2D eigenvalue weighted by atomic mass is 10.0. The molecular weight excluding hydrogens is 190 g/mol. The van der Waals surface area contributed by atoms with Gasteiger partial charge in [-0.05, 0) is 37.5 Å². The van der Waals surface area contributed by atoms with Crippen LogP contribution in [0.3, 0.4) is 0 Å². The molecule has 0 spiro atoms. The lowest BCUT2D eigenvalue weighted by Crippen LogP contribution is -2.33. The highest BCUT2D eigenvalue weighted by Gasteiger charge is 2.10. The van der Waals surface area contributed by atoms with Crippen molar-refractivity contribution >= 4 is 5.97 Å². The zero-order valence-corrected chi connectivity index (χ0v) is 9.37. The summed E-state index contributed by atoms with van der Waals surface area (Å²) in [5.74, 6) is -0.819. The summed E-state index contributed by atoms with van der Waals surface area (Å²) in [6, 6.07) is 5.55. The van der Waals surface area contributed by atoms with Crippen LogP contribution in [-0.2, 0) is 11.3 Å². The minimum absolute atomic E-state index is 0.509. The number of hydrogen-bond donors (Lipinski definition) is 2. The van der Waals surface area contributed by atoms with Crippen LogP contribution in [0.2, 0.25) is 0 Å². The van der Waals surface area contributed by atoms with Crippen LogP contribution in [0.4, 0.5) is 0 Å². The van der Waals surface area contributed by atoms with E-state index in [1.807, 2.05) is 12.1 Å². The average Bonchev–Trinajstić information content (AvgIpc) is 2.19. The van der Waals surface area contributed by atoms with E-state index in [-0.39, 0.29) is 0 Å². The van der Waals surface area contributed by atoms with Crippen molar-refractivity contribution in [2.45, 2.75) is 33.4 Å². The predicted octanol–water partition coefficient (Wildman–Crippen LogP) is 1.87. The van der Waals surface area contributed by atoms with E-state index < -0.39 is 12.0 Å². The standard InChI is InChI=1S/C12H17NO2/c1-8-5-4-6-11(9(8)2)7-13-10(3)12(14)15/h4-6,10,13H,7H2,1-3H3,(H,14,15). The Labute approximate surface area is 90.1 Å². The van der Waals surface area contributed by atoms with E-state index in [2.05, 4.69) is 25.2 Å². The largest absolute Gasteiger partial charge is 0.480 e. The third-order valence-electron chi connectivity index (χ3n) is 2.69. The zero-order chi connectivity index (χ0) is 11.4. The van der Waals surface area contributed by atoms with E-state index in [0.717, 1.165) is 5.56 Å². The molecule has 1 unspecified atom stereocenters. The lowest BCUT2D eigenvalue weighted by molar-refractivity contribution is -0.139. The molecule has 0 aromatic heterocycles. The molecule has 0 heterocycles. The van der Waals surface area contributed by atoms with Gasteiger partial charge in [-0.15, -0.1) is 0 Å². The summed E-state index contributed by atoms with van der Waals surface area (Å²) in [5.41, 5.74) is 3.61. The minimum Gasteiger partial charge on any atom is -0.480 e. The summed E-state index contributed by atoms with van der Waals surface area (Å²) in [7, 11) is 0. The highest BCUT2D eigenvalue weighted by Crippen LogP contribution is 2.12. The molecular formula is C12H17NO2. The Bertz CT molecular complexity index is 361. The topological polar surface area (TPSA) is 49.3 Å². The van der Waals surface area contributed by atoms with Gasteiger partial charge in [0.05, 0.1) is 0 Å². The Hall–Kier alpha value is -1.35. The maximum atomic E-state index is 10.6. The van der Waals surface area contributed by atoms with Crippen LogP contribution < -0.4 is 5.32 Å². The Kier molecular flexibility index (Phi) is 3.86. The van der Waals surface area contributed by atoms with Gasteiger partial charge in [-0.1, -0.05) is 18.2 Å². The van der Waals surface area contributed by atoms with E-state index in [0.29, 0.717) is 6.54 Å². The first-order valence-corrected chi connectivity index (χ1v) is 5.03. The van der Waals surface area contributed by atoms with Crippen molar-refractivity contribution in [2.75, 3.05) is 0 Å². The van der Waals surface area contributed by atoms with Gasteiger partial charge in [0.15, 0.2) is 0 Å². The molecule has 1 atom stereocenters. The molecule has 0 aliphatic rings. The molecule has 3 nitrogen and oxygen atoms in total. The highest BCUT2D eigenvalue weighted by atomic mass is 16.4. The molecule has 0 amide bonds. The van der Waals surface area contributed by atoms with Crippen molar-refractivity contribution in [1.29, 1.82) is 0 Å². The zero-order valence-electron chi connectivity index (χ0n) is 9.37. The molecule has 15 heavy (non-hydrogen) atoms. The molecule has 1 aromatic carbocycles. The van der Waals surface area contributed by atoms with Crippen LogP contribution in [0.25, 0.3) is 0 Å². The number of nitrogens with one attached hydrogen (secondary N) is 1. The number of aryl methyl sites for hydroxylation is 1. The summed E-state index contributed by atoms with van der Waals surface area (Å²) in [6.45, 7) is 6.35. The monoisotopic (exact) mass is 207 g/mol. The van der Waals surface area contributed by atoms with Gasteiger partial charge >= 0.3 is 5.97 Å². The molecule has 0 bridgehead atoms. The average molecular weight is 207 g/mol. The Morgan fingerprint density at radius 1 is 1.47 bits per heavy atom. The Balaban J connectivity index is 2.66. The fraction of sp³-hybridized carbons (Fsp3) is 0.417. The van der Waals surface area contributed by atoms with Gasteiger partial charge in [0, 0.05) is 6.54 Å². The second kappa shape index (κ2) is 4.94. The van der Waals surface area contributed by atoms with E-state index in [9.17, 15) is 4.79 Å². The molecule has 82 valence electrons. The fourth-order valence-corrected chi connectivity index (χ4v) is 1.35. The van der Waals surface area contributed by atoms with Gasteiger partial charge in [0.25, 0.3) is 0 Å². The van der Waals surface area contributed by atoms with Crippen molar-refractivity contribution in [3.63, 3.8) is 0 Å². The number of rotatable bonds is 4. The lowest BCUT2D eigenvalue weighted by Gasteiger charge is -2.12. The van der Waals surface area contributed by atoms with Crippen molar-refractivity contribution in [2.24, 2.45) is 0 Å². The smallest absolute Gasteiger partial charge is 0.320 e. The first kappa shape index (κ1) is 11.7. The van der Waals surface area contributed by atoms with Crippen LogP contribution in [-0.4, -0.2) is 17.1 Å². The number of carbonyl (C=O) groups is 1. The molecule has 2 N–H and O–H groups in total. The Morgan fingerprint density at radius 3 is 2.73 bits per heavy atom. The van der Waals surface area contributed by atoms with Crippen LogP contribution in [0.1, 0.15) is 23.6 Å². The summed E-state index contributed by atoms with van der Waals surface area (Å²) in [5, 5.41) is 11.7. The highest BCUT2D eigenvalue weighted by molar-refractivity contribution is 5.72. The molecule has 0 fully saturated rings. The van der Waals surface area contributed by atoms with Crippen molar-refractivity contribution < 1.29 is 9.90 Å². The van der Waals surface area contributed by atoms with Gasteiger partial charge < -0.3 is 10.4 Å².